The molecule has 216 valence electrons. The van der Waals surface area contributed by atoms with Gasteiger partial charge < -0.3 is 43.4 Å². The van der Waals surface area contributed by atoms with Gasteiger partial charge in [0, 0.05) is 24.3 Å². The summed E-state index contributed by atoms with van der Waals surface area (Å²) in [5.41, 5.74) is -3.37. The van der Waals surface area contributed by atoms with Crippen molar-refractivity contribution in [1.82, 2.24) is 0 Å². The molecular weight excluding hydrogens is 524 g/mol. The van der Waals surface area contributed by atoms with Crippen LogP contribution in [0.5, 0.6) is 0 Å². The van der Waals surface area contributed by atoms with Crippen LogP contribution in [-0.4, -0.2) is 102 Å². The van der Waals surface area contributed by atoms with E-state index in [1.807, 2.05) is 0 Å². The lowest BCUT2D eigenvalue weighted by atomic mass is 9.51. The molecule has 3 spiro atoms. The molecule has 0 aromatic carbocycles. The average molecular weight is 559 g/mol. The molecule has 6 heterocycles. The van der Waals surface area contributed by atoms with E-state index < -0.39 is 70.3 Å². The van der Waals surface area contributed by atoms with Crippen LogP contribution >= 0.6 is 0 Å². The van der Waals surface area contributed by atoms with Gasteiger partial charge in [-0.3, -0.25) is 0 Å². The van der Waals surface area contributed by atoms with Crippen LogP contribution in [0.4, 0.5) is 0 Å². The van der Waals surface area contributed by atoms with Gasteiger partial charge in [0.2, 0.25) is 0 Å². The zero-order valence-corrected chi connectivity index (χ0v) is 22.4. The van der Waals surface area contributed by atoms with Crippen molar-refractivity contribution < 1.29 is 53.0 Å². The van der Waals surface area contributed by atoms with E-state index in [0.29, 0.717) is 25.9 Å². The zero-order chi connectivity index (χ0) is 27.7. The number of allylic oxidation sites excluding steroid dienone is 3. The number of carbonyl (C=O) groups excluding carboxylic acids is 2. The van der Waals surface area contributed by atoms with Crippen LogP contribution in [0.1, 0.15) is 39.5 Å². The Morgan fingerprint density at radius 2 is 1.85 bits per heavy atom. The third kappa shape index (κ3) is 2.94. The average Bonchev–Trinajstić information content (AvgIpc) is 3.83. The molecule has 2 aliphatic carbocycles. The summed E-state index contributed by atoms with van der Waals surface area (Å²) in [7, 11) is 0. The molecule has 40 heavy (non-hydrogen) atoms. The maximum Gasteiger partial charge on any atom is 0.338 e. The minimum atomic E-state index is -1.54. The van der Waals surface area contributed by atoms with E-state index in [2.05, 4.69) is 19.9 Å². The van der Waals surface area contributed by atoms with Crippen molar-refractivity contribution in [1.29, 1.82) is 0 Å². The number of hydrogen-bond donors (Lipinski definition) is 2. The van der Waals surface area contributed by atoms with Crippen LogP contribution in [0.25, 0.3) is 0 Å². The third-order valence-corrected chi connectivity index (χ3v) is 11.3. The van der Waals surface area contributed by atoms with Gasteiger partial charge in [-0.2, -0.15) is 0 Å². The minimum absolute atomic E-state index is 0.0345. The number of hydrogen-bond acceptors (Lipinski definition) is 11. The summed E-state index contributed by atoms with van der Waals surface area (Å²) in [5, 5.41) is 21.3. The van der Waals surface area contributed by atoms with Crippen LogP contribution in [0.3, 0.4) is 0 Å². The first kappa shape index (κ1) is 25.6. The SMILES string of the molecule is CC1=CC2O[C@@H]3C[C@H]4OC(=O)/C=C\C=C\C56OCCC7(OC7C(=O)OC[C@@]2(CC1)[C@]4(C)[C@]31CO1)C5OC(O)C6O. The molecule has 11 nitrogen and oxygen atoms in total. The van der Waals surface area contributed by atoms with Gasteiger partial charge in [0.05, 0.1) is 30.8 Å². The summed E-state index contributed by atoms with van der Waals surface area (Å²) in [6, 6.07) is 0. The number of aliphatic hydroxyl groups is 2. The van der Waals surface area contributed by atoms with Crippen molar-refractivity contribution in [2.24, 2.45) is 10.8 Å². The first-order valence-corrected chi connectivity index (χ1v) is 14.2. The van der Waals surface area contributed by atoms with Crippen molar-refractivity contribution in [3.05, 3.63) is 36.0 Å². The fourth-order valence-corrected chi connectivity index (χ4v) is 8.86. The van der Waals surface area contributed by atoms with Gasteiger partial charge in [-0.25, -0.2) is 9.59 Å². The fourth-order valence-electron chi connectivity index (χ4n) is 8.86. The Labute approximate surface area is 231 Å². The van der Waals surface area contributed by atoms with Gasteiger partial charge in [-0.1, -0.05) is 30.7 Å². The van der Waals surface area contributed by atoms with Crippen molar-refractivity contribution in [3.8, 4) is 0 Å². The maximum atomic E-state index is 13.7. The van der Waals surface area contributed by atoms with Crippen molar-refractivity contribution >= 4 is 11.9 Å². The Bertz CT molecular complexity index is 1250. The highest BCUT2D eigenvalue weighted by atomic mass is 16.7. The largest absolute Gasteiger partial charge is 0.463 e. The van der Waals surface area contributed by atoms with Gasteiger partial charge in [-0.05, 0) is 25.8 Å². The molecule has 12 atom stereocenters. The molecule has 5 saturated heterocycles. The zero-order valence-electron chi connectivity index (χ0n) is 22.4. The molecule has 0 aromatic rings. The van der Waals surface area contributed by atoms with Crippen LogP contribution in [0, 0.1) is 10.8 Å². The molecule has 8 aliphatic rings. The number of rotatable bonds is 0. The van der Waals surface area contributed by atoms with E-state index in [4.69, 9.17) is 33.2 Å². The van der Waals surface area contributed by atoms with Gasteiger partial charge >= 0.3 is 11.9 Å². The van der Waals surface area contributed by atoms with Crippen molar-refractivity contribution in [3.63, 3.8) is 0 Å². The summed E-state index contributed by atoms with van der Waals surface area (Å²) in [5.74, 6) is -1.07. The van der Waals surface area contributed by atoms with Crippen LogP contribution in [0.15, 0.2) is 36.0 Å². The second-order valence-corrected chi connectivity index (χ2v) is 12.8. The van der Waals surface area contributed by atoms with Gasteiger partial charge in [0.15, 0.2) is 12.4 Å². The monoisotopic (exact) mass is 558 g/mol. The molecule has 1 saturated carbocycles. The molecule has 7 unspecified atom stereocenters. The fraction of sp³-hybridized carbons (Fsp3) is 0.724. The molecule has 0 aromatic heterocycles. The molecule has 2 N–H and O–H groups in total. The molecule has 11 heteroatoms. The lowest BCUT2D eigenvalue weighted by molar-refractivity contribution is -0.233. The summed E-state index contributed by atoms with van der Waals surface area (Å²) >= 11 is 0. The summed E-state index contributed by atoms with van der Waals surface area (Å²) in [6.07, 6.45) is 4.33. The van der Waals surface area contributed by atoms with Gasteiger partial charge in [0.1, 0.15) is 41.7 Å². The number of cyclic esters (lactones) is 1. The highest BCUT2D eigenvalue weighted by Crippen LogP contribution is 2.72. The van der Waals surface area contributed by atoms with Crippen LogP contribution in [-0.2, 0) is 42.7 Å². The second-order valence-electron chi connectivity index (χ2n) is 12.8. The highest BCUT2D eigenvalue weighted by molar-refractivity contribution is 5.82. The predicted molar refractivity (Wildman–Crippen MR) is 132 cm³/mol. The van der Waals surface area contributed by atoms with Gasteiger partial charge in [-0.15, -0.1) is 0 Å². The summed E-state index contributed by atoms with van der Waals surface area (Å²) < 4.78 is 42.8. The first-order valence-electron chi connectivity index (χ1n) is 14.2. The first-order chi connectivity index (χ1) is 19.1. The quantitative estimate of drug-likeness (QED) is 0.245. The Balaban J connectivity index is 1.22. The van der Waals surface area contributed by atoms with Crippen molar-refractivity contribution in [2.75, 3.05) is 19.8 Å². The number of carbonyl (C=O) groups is 2. The highest BCUT2D eigenvalue weighted by Gasteiger charge is 2.83. The van der Waals surface area contributed by atoms with Crippen LogP contribution in [0.2, 0.25) is 0 Å². The maximum absolute atomic E-state index is 13.7. The summed E-state index contributed by atoms with van der Waals surface area (Å²) in [4.78, 5) is 26.8. The van der Waals surface area contributed by atoms with Crippen molar-refractivity contribution in [2.45, 2.75) is 99.2 Å². The molecule has 6 fully saturated rings. The summed E-state index contributed by atoms with van der Waals surface area (Å²) in [6.45, 7) is 4.85. The van der Waals surface area contributed by atoms with E-state index in [9.17, 15) is 19.8 Å². The Morgan fingerprint density at radius 1 is 1.02 bits per heavy atom. The molecular formula is C29H34O11. The third-order valence-electron chi connectivity index (χ3n) is 11.3. The van der Waals surface area contributed by atoms with Gasteiger partial charge in [0.25, 0.3) is 0 Å². The smallest absolute Gasteiger partial charge is 0.338 e. The normalized spacial score (nSPS) is 57.6. The van der Waals surface area contributed by atoms with E-state index in [0.717, 1.165) is 6.42 Å². The number of ether oxygens (including phenoxy) is 7. The predicted octanol–water partition coefficient (Wildman–Crippen LogP) is 0.615. The lowest BCUT2D eigenvalue weighted by Crippen LogP contribution is -2.67. The second kappa shape index (κ2) is 8.03. The van der Waals surface area contributed by atoms with E-state index in [1.54, 1.807) is 12.2 Å². The van der Waals surface area contributed by atoms with Crippen LogP contribution < -0.4 is 0 Å². The minimum Gasteiger partial charge on any atom is -0.463 e. The molecule has 8 rings (SSSR count). The topological polar surface area (TPSA) is 146 Å². The molecule has 0 amide bonds. The Morgan fingerprint density at radius 3 is 2.65 bits per heavy atom. The van der Waals surface area contributed by atoms with E-state index >= 15 is 0 Å². The standard InChI is InChI=1S/C29H34O11/c1-15-6-8-26-13-34-23(33)21-28(40-21)9-10-35-27(20(31)22(32)39-24(27)28)7-4-3-5-19(30)38-16-12-18(37-17(26)11-15)29(14-36-29)25(16,26)2/h3-5,7,11,16-18,20-22,24,31-32H,6,8-10,12-14H2,1-2H3/b5-3-,7-4+/t16-,17?,18-,20?,21?,22?,24?,25-,26-,27?,28?,29+/m1/s1. The Hall–Kier alpha value is -2.12. The molecule has 4 bridgehead atoms. The lowest BCUT2D eigenvalue weighted by Gasteiger charge is -2.58. The van der Waals surface area contributed by atoms with E-state index in [1.165, 1.54) is 17.7 Å². The molecule has 0 radical (unpaired) electrons. The molecule has 6 aliphatic heterocycles. The Kier molecular flexibility index (Phi) is 5.14. The van der Waals surface area contributed by atoms with E-state index in [-0.39, 0.29) is 25.4 Å². The number of esters is 2. The number of epoxide rings is 2. The number of aliphatic hydroxyl groups excluding tert-OH is 2.